The molecule has 0 aromatic heterocycles. The van der Waals surface area contributed by atoms with Crippen molar-refractivity contribution >= 4 is 21.6 Å². The van der Waals surface area contributed by atoms with Gasteiger partial charge in [0.2, 0.25) is 10.0 Å². The minimum atomic E-state index is -3.61. The molecule has 2 aromatic carbocycles. The third-order valence-electron chi connectivity index (χ3n) is 4.40. The van der Waals surface area contributed by atoms with Gasteiger partial charge in [0.15, 0.2) is 6.10 Å². The summed E-state index contributed by atoms with van der Waals surface area (Å²) in [5.74, 6) is 0.0764. The maximum Gasteiger partial charge on any atom is 0.263 e. The van der Waals surface area contributed by atoms with Gasteiger partial charge in [0.05, 0.1) is 18.0 Å². The summed E-state index contributed by atoms with van der Waals surface area (Å²) in [7, 11) is -3.61. The Bertz CT molecular complexity index is 884. The van der Waals surface area contributed by atoms with Crippen LogP contribution in [0, 0.1) is 0 Å². The quantitative estimate of drug-likeness (QED) is 0.790. The van der Waals surface area contributed by atoms with E-state index < -0.39 is 16.1 Å². The van der Waals surface area contributed by atoms with Gasteiger partial charge in [-0.15, -0.1) is 0 Å². The summed E-state index contributed by atoms with van der Waals surface area (Å²) in [4.78, 5) is 12.4. The number of aryl methyl sites for hydroxylation is 1. The highest BCUT2D eigenvalue weighted by molar-refractivity contribution is 7.92. The van der Waals surface area contributed by atoms with Crippen LogP contribution in [0.25, 0.3) is 0 Å². The van der Waals surface area contributed by atoms with Crippen LogP contribution in [0.4, 0.5) is 5.69 Å². The van der Waals surface area contributed by atoms with Crippen molar-refractivity contribution < 1.29 is 17.9 Å². The number of nitrogens with one attached hydrogen (secondary N) is 1. The fraction of sp³-hybridized carbons (Fsp3) is 0.350. The summed E-state index contributed by atoms with van der Waals surface area (Å²) in [5.41, 5.74) is 1.44. The maximum atomic E-state index is 13.0. The molecule has 27 heavy (non-hydrogen) atoms. The fourth-order valence-corrected chi connectivity index (χ4v) is 4.49. The zero-order chi connectivity index (χ0) is 19.3. The highest BCUT2D eigenvalue weighted by Crippen LogP contribution is 2.35. The molecule has 1 aliphatic rings. The van der Waals surface area contributed by atoms with Crippen LogP contribution in [0.1, 0.15) is 18.9 Å². The van der Waals surface area contributed by atoms with Gasteiger partial charge in [-0.3, -0.25) is 9.10 Å². The van der Waals surface area contributed by atoms with Gasteiger partial charge in [0, 0.05) is 6.54 Å². The number of para-hydroxylation sites is 2. The second kappa shape index (κ2) is 8.43. The zero-order valence-corrected chi connectivity index (χ0v) is 16.1. The molecule has 0 saturated heterocycles. The van der Waals surface area contributed by atoms with E-state index in [9.17, 15) is 13.2 Å². The van der Waals surface area contributed by atoms with Crippen LogP contribution in [0.15, 0.2) is 54.6 Å². The van der Waals surface area contributed by atoms with Crippen LogP contribution < -0.4 is 14.4 Å². The van der Waals surface area contributed by atoms with Gasteiger partial charge in [-0.2, -0.15) is 0 Å². The Balaban J connectivity index is 1.82. The molecule has 0 spiro atoms. The molecule has 0 radical (unpaired) electrons. The molecule has 0 fully saturated rings. The normalized spacial score (nSPS) is 16.3. The molecule has 0 bridgehead atoms. The Hall–Kier alpha value is -2.54. The fourth-order valence-electron chi connectivity index (χ4n) is 2.97. The SMILES string of the molecule is CCCNC(=O)C1CN(S(=O)(=O)CCc2ccccc2)c2ccccc2O1. The number of sulfonamides is 1. The summed E-state index contributed by atoms with van der Waals surface area (Å²) >= 11 is 0. The lowest BCUT2D eigenvalue weighted by molar-refractivity contribution is -0.127. The first-order chi connectivity index (χ1) is 13.0. The highest BCUT2D eigenvalue weighted by atomic mass is 32.2. The van der Waals surface area contributed by atoms with E-state index in [1.807, 2.05) is 37.3 Å². The number of fused-ring (bicyclic) bond motifs is 1. The van der Waals surface area contributed by atoms with Crippen molar-refractivity contribution in [2.45, 2.75) is 25.9 Å². The van der Waals surface area contributed by atoms with Crippen molar-refractivity contribution in [3.8, 4) is 5.75 Å². The summed E-state index contributed by atoms with van der Waals surface area (Å²) in [5, 5.41) is 2.78. The van der Waals surface area contributed by atoms with E-state index in [1.165, 1.54) is 4.31 Å². The molecule has 1 N–H and O–H groups in total. The van der Waals surface area contributed by atoms with Crippen molar-refractivity contribution in [1.82, 2.24) is 5.32 Å². The third kappa shape index (κ3) is 4.60. The number of amides is 1. The number of anilines is 1. The minimum absolute atomic E-state index is 0.0241. The molecular weight excluding hydrogens is 364 g/mol. The Morgan fingerprint density at radius 3 is 2.59 bits per heavy atom. The largest absolute Gasteiger partial charge is 0.476 e. The first kappa shape index (κ1) is 19.2. The van der Waals surface area contributed by atoms with Crippen molar-refractivity contribution in [2.75, 3.05) is 23.1 Å². The van der Waals surface area contributed by atoms with E-state index in [1.54, 1.807) is 24.3 Å². The van der Waals surface area contributed by atoms with Crippen LogP contribution in [0.5, 0.6) is 5.75 Å². The van der Waals surface area contributed by atoms with Crippen LogP contribution in [-0.4, -0.2) is 39.3 Å². The molecule has 3 rings (SSSR count). The second-order valence-corrected chi connectivity index (χ2v) is 8.46. The van der Waals surface area contributed by atoms with Gasteiger partial charge >= 0.3 is 0 Å². The maximum absolute atomic E-state index is 13.0. The smallest absolute Gasteiger partial charge is 0.263 e. The topological polar surface area (TPSA) is 75.7 Å². The lowest BCUT2D eigenvalue weighted by atomic mass is 10.2. The predicted octanol–water partition coefficient (Wildman–Crippen LogP) is 2.35. The number of benzene rings is 2. The number of ether oxygens (including phenoxy) is 1. The average Bonchev–Trinajstić information content (AvgIpc) is 2.70. The van der Waals surface area contributed by atoms with E-state index in [0.29, 0.717) is 24.4 Å². The first-order valence-electron chi connectivity index (χ1n) is 9.09. The molecule has 0 saturated carbocycles. The van der Waals surface area contributed by atoms with E-state index in [2.05, 4.69) is 5.32 Å². The van der Waals surface area contributed by atoms with Crippen molar-refractivity contribution in [2.24, 2.45) is 0 Å². The molecule has 7 heteroatoms. The molecule has 1 heterocycles. The van der Waals surface area contributed by atoms with Gasteiger partial charge in [-0.05, 0) is 30.5 Å². The number of carbonyl (C=O) groups is 1. The van der Waals surface area contributed by atoms with E-state index in [4.69, 9.17) is 4.74 Å². The van der Waals surface area contributed by atoms with Gasteiger partial charge in [-0.1, -0.05) is 49.4 Å². The zero-order valence-electron chi connectivity index (χ0n) is 15.3. The molecule has 1 amide bonds. The van der Waals surface area contributed by atoms with Crippen molar-refractivity contribution in [3.63, 3.8) is 0 Å². The summed E-state index contributed by atoms with van der Waals surface area (Å²) in [6, 6.07) is 16.4. The van der Waals surface area contributed by atoms with E-state index >= 15 is 0 Å². The summed E-state index contributed by atoms with van der Waals surface area (Å²) < 4.78 is 33.2. The number of carbonyl (C=O) groups excluding carboxylic acids is 1. The molecule has 1 unspecified atom stereocenters. The van der Waals surface area contributed by atoms with Gasteiger partial charge < -0.3 is 10.1 Å². The Labute approximate surface area is 160 Å². The number of hydrogen-bond donors (Lipinski definition) is 1. The lowest BCUT2D eigenvalue weighted by Crippen LogP contribution is -2.51. The summed E-state index contributed by atoms with van der Waals surface area (Å²) in [6.45, 7) is 2.46. The standard InChI is InChI=1S/C20H24N2O4S/c1-2-13-21-20(23)19-15-22(17-10-6-7-11-18(17)26-19)27(24,25)14-12-16-8-4-3-5-9-16/h3-11,19H,2,12-15H2,1H3,(H,21,23). The van der Waals surface area contributed by atoms with E-state index in [0.717, 1.165) is 12.0 Å². The van der Waals surface area contributed by atoms with Crippen LogP contribution in [0.2, 0.25) is 0 Å². The number of hydrogen-bond acceptors (Lipinski definition) is 4. The number of nitrogens with zero attached hydrogens (tertiary/aromatic N) is 1. The Morgan fingerprint density at radius 2 is 1.85 bits per heavy atom. The van der Waals surface area contributed by atoms with Gasteiger partial charge in [0.1, 0.15) is 5.75 Å². The minimum Gasteiger partial charge on any atom is -0.476 e. The third-order valence-corrected chi connectivity index (χ3v) is 6.14. The molecule has 2 aromatic rings. The van der Waals surface area contributed by atoms with Gasteiger partial charge in [0.25, 0.3) is 5.91 Å². The van der Waals surface area contributed by atoms with Gasteiger partial charge in [-0.25, -0.2) is 8.42 Å². The predicted molar refractivity (Wildman–Crippen MR) is 105 cm³/mol. The average molecular weight is 388 g/mol. The molecule has 1 atom stereocenters. The first-order valence-corrected chi connectivity index (χ1v) is 10.7. The van der Waals surface area contributed by atoms with Crippen molar-refractivity contribution in [3.05, 3.63) is 60.2 Å². The molecule has 144 valence electrons. The summed E-state index contributed by atoms with van der Waals surface area (Å²) in [6.07, 6.45) is 0.349. The van der Waals surface area contributed by atoms with Crippen LogP contribution >= 0.6 is 0 Å². The molecule has 0 aliphatic carbocycles. The Kier molecular flexibility index (Phi) is 6.01. The molecule has 6 nitrogen and oxygen atoms in total. The number of rotatable bonds is 7. The molecule has 1 aliphatic heterocycles. The highest BCUT2D eigenvalue weighted by Gasteiger charge is 2.36. The van der Waals surface area contributed by atoms with Crippen LogP contribution in [-0.2, 0) is 21.2 Å². The second-order valence-electron chi connectivity index (χ2n) is 6.45. The Morgan fingerprint density at radius 1 is 1.15 bits per heavy atom. The monoisotopic (exact) mass is 388 g/mol. The van der Waals surface area contributed by atoms with Crippen molar-refractivity contribution in [1.29, 1.82) is 0 Å². The van der Waals surface area contributed by atoms with Crippen LogP contribution in [0.3, 0.4) is 0 Å². The lowest BCUT2D eigenvalue weighted by Gasteiger charge is -2.34. The van der Waals surface area contributed by atoms with E-state index in [-0.39, 0.29) is 18.2 Å². The molecular formula is C20H24N2O4S.